The maximum Gasteiger partial charge on any atom is 0.269 e. The van der Waals surface area contributed by atoms with Gasteiger partial charge >= 0.3 is 0 Å². The largest absolute Gasteiger partial charge is 0.479 e. The van der Waals surface area contributed by atoms with Crippen molar-refractivity contribution in [3.8, 4) is 11.8 Å². The zero-order valence-electron chi connectivity index (χ0n) is 11.2. The average molecular weight is 283 g/mol. The molecule has 1 N–H and O–H groups in total. The Bertz CT molecular complexity index is 663. The summed E-state index contributed by atoms with van der Waals surface area (Å²) in [5, 5.41) is 22.2. The SMILES string of the molecule is N#CCOc1cccc(CNc2ccc([N+](=O)[O-])cc2)c1. The molecule has 2 aromatic rings. The van der Waals surface area contributed by atoms with Crippen molar-refractivity contribution in [3.63, 3.8) is 0 Å². The normalized spacial score (nSPS) is 9.67. The van der Waals surface area contributed by atoms with Gasteiger partial charge in [0.15, 0.2) is 6.61 Å². The predicted molar refractivity (Wildman–Crippen MR) is 78.0 cm³/mol. The van der Waals surface area contributed by atoms with Crippen LogP contribution >= 0.6 is 0 Å². The van der Waals surface area contributed by atoms with Gasteiger partial charge < -0.3 is 10.1 Å². The van der Waals surface area contributed by atoms with Crippen LogP contribution in [0.1, 0.15) is 5.56 Å². The minimum absolute atomic E-state index is 0.0131. The van der Waals surface area contributed by atoms with Gasteiger partial charge in [0.05, 0.1) is 4.92 Å². The van der Waals surface area contributed by atoms with E-state index in [1.807, 2.05) is 24.3 Å². The topological polar surface area (TPSA) is 88.2 Å². The highest BCUT2D eigenvalue weighted by Gasteiger charge is 2.03. The van der Waals surface area contributed by atoms with Gasteiger partial charge in [-0.3, -0.25) is 10.1 Å². The molecule has 0 heterocycles. The molecule has 0 atom stereocenters. The summed E-state index contributed by atoms with van der Waals surface area (Å²) in [5.41, 5.74) is 1.85. The number of nitrogens with one attached hydrogen (secondary N) is 1. The molecule has 21 heavy (non-hydrogen) atoms. The molecular formula is C15H13N3O3. The first-order valence-corrected chi connectivity index (χ1v) is 6.26. The second-order valence-corrected chi connectivity index (χ2v) is 4.25. The number of nitro benzene ring substituents is 1. The van der Waals surface area contributed by atoms with Gasteiger partial charge in [-0.2, -0.15) is 5.26 Å². The molecule has 6 heteroatoms. The Kier molecular flexibility index (Phi) is 4.72. The predicted octanol–water partition coefficient (Wildman–Crippen LogP) is 3.11. The number of anilines is 1. The van der Waals surface area contributed by atoms with E-state index < -0.39 is 4.92 Å². The monoisotopic (exact) mass is 283 g/mol. The summed E-state index contributed by atoms with van der Waals surface area (Å²) >= 11 is 0. The molecule has 0 saturated heterocycles. The molecular weight excluding hydrogens is 270 g/mol. The van der Waals surface area contributed by atoms with Crippen molar-refractivity contribution < 1.29 is 9.66 Å². The smallest absolute Gasteiger partial charge is 0.269 e. The van der Waals surface area contributed by atoms with E-state index in [0.29, 0.717) is 12.3 Å². The second kappa shape index (κ2) is 6.91. The molecule has 106 valence electrons. The van der Waals surface area contributed by atoms with Crippen LogP contribution in [0.2, 0.25) is 0 Å². The molecule has 6 nitrogen and oxygen atoms in total. The van der Waals surface area contributed by atoms with Gasteiger partial charge in [0.1, 0.15) is 11.8 Å². The van der Waals surface area contributed by atoms with Crippen LogP contribution in [0.25, 0.3) is 0 Å². The lowest BCUT2D eigenvalue weighted by molar-refractivity contribution is -0.384. The van der Waals surface area contributed by atoms with E-state index in [0.717, 1.165) is 11.3 Å². The lowest BCUT2D eigenvalue weighted by Gasteiger charge is -2.08. The van der Waals surface area contributed by atoms with E-state index in [1.165, 1.54) is 12.1 Å². The van der Waals surface area contributed by atoms with Crippen molar-refractivity contribution in [1.82, 2.24) is 0 Å². The van der Waals surface area contributed by atoms with Crippen LogP contribution in [0, 0.1) is 21.4 Å². The third-order valence-corrected chi connectivity index (χ3v) is 2.78. The maximum atomic E-state index is 10.6. The van der Waals surface area contributed by atoms with Crippen molar-refractivity contribution >= 4 is 11.4 Å². The number of nitriles is 1. The molecule has 2 aromatic carbocycles. The number of hydrogen-bond donors (Lipinski definition) is 1. The van der Waals surface area contributed by atoms with Gasteiger partial charge in [-0.15, -0.1) is 0 Å². The highest BCUT2D eigenvalue weighted by molar-refractivity contribution is 5.49. The molecule has 0 radical (unpaired) electrons. The van der Waals surface area contributed by atoms with Crippen LogP contribution in [0.5, 0.6) is 5.75 Å². The second-order valence-electron chi connectivity index (χ2n) is 4.25. The molecule has 0 aromatic heterocycles. The van der Waals surface area contributed by atoms with E-state index in [9.17, 15) is 10.1 Å². The van der Waals surface area contributed by atoms with E-state index in [2.05, 4.69) is 5.32 Å². The molecule has 2 rings (SSSR count). The molecule has 0 bridgehead atoms. The minimum Gasteiger partial charge on any atom is -0.479 e. The van der Waals surface area contributed by atoms with Crippen molar-refractivity contribution in [2.45, 2.75) is 6.54 Å². The van der Waals surface area contributed by atoms with Crippen LogP contribution in [-0.2, 0) is 6.54 Å². The first kappa shape index (κ1) is 14.3. The van der Waals surface area contributed by atoms with E-state index in [4.69, 9.17) is 10.00 Å². The summed E-state index contributed by atoms with van der Waals surface area (Å²) in [6, 6.07) is 15.5. The first-order chi connectivity index (χ1) is 10.2. The van der Waals surface area contributed by atoms with Crippen molar-refractivity contribution in [2.75, 3.05) is 11.9 Å². The zero-order chi connectivity index (χ0) is 15.1. The Morgan fingerprint density at radius 3 is 2.67 bits per heavy atom. The van der Waals surface area contributed by atoms with Crippen LogP contribution in [0.15, 0.2) is 48.5 Å². The van der Waals surface area contributed by atoms with Crippen LogP contribution in [-0.4, -0.2) is 11.5 Å². The summed E-state index contributed by atoms with van der Waals surface area (Å²) in [6.07, 6.45) is 0. The fourth-order valence-electron chi connectivity index (χ4n) is 1.77. The number of rotatable bonds is 6. The molecule has 0 fully saturated rings. The summed E-state index contributed by atoms with van der Waals surface area (Å²) in [6.45, 7) is 0.570. The molecule has 0 aliphatic rings. The molecule has 0 unspecified atom stereocenters. The third kappa shape index (κ3) is 4.21. The Labute approximate surface area is 121 Å². The number of benzene rings is 2. The van der Waals surface area contributed by atoms with Crippen molar-refractivity contribution in [1.29, 1.82) is 5.26 Å². The van der Waals surface area contributed by atoms with Gasteiger partial charge in [-0.25, -0.2) is 0 Å². The minimum atomic E-state index is -0.431. The summed E-state index contributed by atoms with van der Waals surface area (Å²) < 4.78 is 5.23. The third-order valence-electron chi connectivity index (χ3n) is 2.78. The molecule has 0 aliphatic carbocycles. The van der Waals surface area contributed by atoms with E-state index >= 15 is 0 Å². The van der Waals surface area contributed by atoms with E-state index in [1.54, 1.807) is 18.2 Å². The van der Waals surface area contributed by atoms with Crippen molar-refractivity contribution in [2.24, 2.45) is 0 Å². The number of nitro groups is 1. The summed E-state index contributed by atoms with van der Waals surface area (Å²) in [4.78, 5) is 10.1. The van der Waals surface area contributed by atoms with Crippen LogP contribution in [0.3, 0.4) is 0 Å². The van der Waals surface area contributed by atoms with Crippen LogP contribution in [0.4, 0.5) is 11.4 Å². The fraction of sp³-hybridized carbons (Fsp3) is 0.133. The highest BCUT2D eigenvalue weighted by atomic mass is 16.6. The number of hydrogen-bond acceptors (Lipinski definition) is 5. The van der Waals surface area contributed by atoms with Crippen LogP contribution < -0.4 is 10.1 Å². The quantitative estimate of drug-likeness (QED) is 0.650. The Morgan fingerprint density at radius 1 is 1.24 bits per heavy atom. The number of nitrogens with zero attached hydrogens (tertiary/aromatic N) is 2. The standard InChI is InChI=1S/C15H13N3O3/c16-8-9-21-15-3-1-2-12(10-15)11-17-13-4-6-14(7-5-13)18(19)20/h1-7,10,17H,9,11H2. The zero-order valence-corrected chi connectivity index (χ0v) is 11.2. The first-order valence-electron chi connectivity index (χ1n) is 6.26. The Balaban J connectivity index is 1.96. The Morgan fingerprint density at radius 2 is 2.00 bits per heavy atom. The Hall–Kier alpha value is -3.07. The fourth-order valence-corrected chi connectivity index (χ4v) is 1.77. The van der Waals surface area contributed by atoms with E-state index in [-0.39, 0.29) is 12.3 Å². The average Bonchev–Trinajstić information content (AvgIpc) is 2.52. The lowest BCUT2D eigenvalue weighted by atomic mass is 10.2. The number of ether oxygens (including phenoxy) is 1. The molecule has 0 amide bonds. The lowest BCUT2D eigenvalue weighted by Crippen LogP contribution is -2.00. The number of non-ortho nitro benzene ring substituents is 1. The van der Waals surface area contributed by atoms with Crippen molar-refractivity contribution in [3.05, 3.63) is 64.2 Å². The summed E-state index contributed by atoms with van der Waals surface area (Å²) in [5.74, 6) is 0.638. The van der Waals surface area contributed by atoms with Gasteiger partial charge in [-0.1, -0.05) is 12.1 Å². The molecule has 0 saturated carbocycles. The highest BCUT2D eigenvalue weighted by Crippen LogP contribution is 2.18. The molecule has 0 spiro atoms. The van der Waals surface area contributed by atoms with Gasteiger partial charge in [0.25, 0.3) is 5.69 Å². The molecule has 0 aliphatic heterocycles. The van der Waals surface area contributed by atoms with Gasteiger partial charge in [0.2, 0.25) is 0 Å². The summed E-state index contributed by atoms with van der Waals surface area (Å²) in [7, 11) is 0. The maximum absolute atomic E-state index is 10.6. The van der Waals surface area contributed by atoms with Gasteiger partial charge in [0, 0.05) is 24.4 Å². The van der Waals surface area contributed by atoms with Gasteiger partial charge in [-0.05, 0) is 29.8 Å².